The molecule has 0 radical (unpaired) electrons. The highest BCUT2D eigenvalue weighted by atomic mass is 35.5. The van der Waals surface area contributed by atoms with Crippen LogP contribution in [0.4, 0.5) is 0 Å². The summed E-state index contributed by atoms with van der Waals surface area (Å²) >= 11 is 5.97. The van der Waals surface area contributed by atoms with E-state index in [0.717, 1.165) is 25.0 Å². The van der Waals surface area contributed by atoms with Crippen LogP contribution in [0, 0.1) is 0 Å². The summed E-state index contributed by atoms with van der Waals surface area (Å²) in [5.74, 6) is 0.681. The molecule has 1 aliphatic carbocycles. The van der Waals surface area contributed by atoms with Crippen LogP contribution in [0.5, 0.6) is 0 Å². The Morgan fingerprint density at radius 2 is 2.12 bits per heavy atom. The molecule has 0 saturated heterocycles. The van der Waals surface area contributed by atoms with Crippen LogP contribution in [0.1, 0.15) is 30.8 Å². The van der Waals surface area contributed by atoms with Crippen LogP contribution in [-0.2, 0) is 21.7 Å². The normalized spacial score (nSPS) is 18.2. The van der Waals surface area contributed by atoms with E-state index in [1.165, 1.54) is 0 Å². The highest BCUT2D eigenvalue weighted by Gasteiger charge is 2.42. The molecule has 0 atom stereocenters. The second-order valence-electron chi connectivity index (χ2n) is 3.99. The number of halogens is 1. The van der Waals surface area contributed by atoms with Gasteiger partial charge >= 0.3 is 0 Å². The van der Waals surface area contributed by atoms with E-state index in [1.54, 1.807) is 20.3 Å². The quantitative estimate of drug-likeness (QED) is 0.760. The topological polar surface area (TPSA) is 44.2 Å². The van der Waals surface area contributed by atoms with Crippen LogP contribution in [0.15, 0.2) is 6.07 Å². The number of methoxy groups -OCH3 is 2. The lowest BCUT2D eigenvalue weighted by Gasteiger charge is -2.38. The minimum Gasteiger partial charge on any atom is -0.378 e. The predicted octanol–water partition coefficient (Wildman–Crippen LogP) is 2.30. The van der Waals surface area contributed by atoms with Crippen molar-refractivity contribution in [2.45, 2.75) is 31.5 Å². The number of aromatic nitrogens is 2. The molecule has 1 saturated carbocycles. The van der Waals surface area contributed by atoms with E-state index in [9.17, 15) is 0 Å². The molecule has 5 heteroatoms. The first-order valence-electron chi connectivity index (χ1n) is 5.28. The van der Waals surface area contributed by atoms with Crippen LogP contribution in [0.3, 0.4) is 0 Å². The molecule has 1 aliphatic rings. The van der Waals surface area contributed by atoms with Crippen molar-refractivity contribution >= 4 is 11.6 Å². The first kappa shape index (κ1) is 11.8. The summed E-state index contributed by atoms with van der Waals surface area (Å²) in [5.41, 5.74) is 0.466. The van der Waals surface area contributed by atoms with Gasteiger partial charge in [-0.25, -0.2) is 9.97 Å². The smallest absolute Gasteiger partial charge is 0.162 e. The van der Waals surface area contributed by atoms with Gasteiger partial charge in [0.2, 0.25) is 0 Å². The van der Waals surface area contributed by atoms with Crippen molar-refractivity contribution in [3.05, 3.63) is 22.7 Å². The number of hydrogen-bond acceptors (Lipinski definition) is 4. The van der Waals surface area contributed by atoms with E-state index >= 15 is 0 Å². The lowest BCUT2D eigenvalue weighted by atomic mass is 9.79. The molecule has 88 valence electrons. The minimum atomic E-state index is -0.326. The van der Waals surface area contributed by atoms with Gasteiger partial charge in [-0.3, -0.25) is 0 Å². The van der Waals surface area contributed by atoms with E-state index in [4.69, 9.17) is 21.1 Å². The Balaban J connectivity index is 2.32. The van der Waals surface area contributed by atoms with Gasteiger partial charge in [0.25, 0.3) is 0 Å². The van der Waals surface area contributed by atoms with E-state index in [1.807, 2.05) is 0 Å². The van der Waals surface area contributed by atoms with Gasteiger partial charge in [-0.05, 0) is 25.3 Å². The molecular formula is C11H15ClN2O2. The van der Waals surface area contributed by atoms with Crippen LogP contribution < -0.4 is 0 Å². The fourth-order valence-electron chi connectivity index (χ4n) is 1.91. The van der Waals surface area contributed by atoms with Gasteiger partial charge in [0, 0.05) is 14.2 Å². The fraction of sp³-hybridized carbons (Fsp3) is 0.636. The number of nitrogens with zero attached hydrogens (tertiary/aromatic N) is 2. The Hall–Kier alpha value is -0.710. The van der Waals surface area contributed by atoms with Crippen LogP contribution in [0.2, 0.25) is 5.15 Å². The molecule has 1 aromatic heterocycles. The summed E-state index contributed by atoms with van der Waals surface area (Å²) in [5, 5.41) is 0.445. The summed E-state index contributed by atoms with van der Waals surface area (Å²) in [4.78, 5) is 8.70. The summed E-state index contributed by atoms with van der Waals surface area (Å²) in [6, 6.07) is 1.72. The van der Waals surface area contributed by atoms with E-state index < -0.39 is 0 Å². The molecule has 0 spiro atoms. The van der Waals surface area contributed by atoms with Crippen LogP contribution >= 0.6 is 11.6 Å². The average molecular weight is 243 g/mol. The van der Waals surface area contributed by atoms with Crippen LogP contribution in [0.25, 0.3) is 0 Å². The third-order valence-corrected chi connectivity index (χ3v) is 3.19. The maximum Gasteiger partial charge on any atom is 0.162 e. The van der Waals surface area contributed by atoms with Gasteiger partial charge in [0.15, 0.2) is 5.82 Å². The average Bonchev–Trinajstić information content (AvgIpc) is 2.16. The third kappa shape index (κ3) is 2.05. The summed E-state index contributed by atoms with van der Waals surface area (Å²) in [6.45, 7) is 0.440. The minimum absolute atomic E-state index is 0.326. The van der Waals surface area contributed by atoms with Crippen molar-refractivity contribution in [3.8, 4) is 0 Å². The van der Waals surface area contributed by atoms with Gasteiger partial charge in [0.05, 0.1) is 12.3 Å². The van der Waals surface area contributed by atoms with Crippen molar-refractivity contribution in [2.75, 3.05) is 14.2 Å². The van der Waals surface area contributed by atoms with Gasteiger partial charge in [-0.15, -0.1) is 0 Å². The molecule has 16 heavy (non-hydrogen) atoms. The van der Waals surface area contributed by atoms with Crippen molar-refractivity contribution < 1.29 is 9.47 Å². The van der Waals surface area contributed by atoms with Crippen LogP contribution in [-0.4, -0.2) is 24.2 Å². The molecule has 1 heterocycles. The number of hydrogen-bond donors (Lipinski definition) is 0. The molecule has 2 rings (SSSR count). The van der Waals surface area contributed by atoms with E-state index in [2.05, 4.69) is 9.97 Å². The Labute approximate surface area is 99.9 Å². The number of ether oxygens (including phenoxy) is 2. The Morgan fingerprint density at radius 3 is 2.62 bits per heavy atom. The lowest BCUT2D eigenvalue weighted by Crippen LogP contribution is -2.38. The summed E-state index contributed by atoms with van der Waals surface area (Å²) in [6.07, 6.45) is 3.05. The van der Waals surface area contributed by atoms with Crippen molar-refractivity contribution in [1.29, 1.82) is 0 Å². The highest BCUT2D eigenvalue weighted by Crippen LogP contribution is 2.42. The Morgan fingerprint density at radius 1 is 1.38 bits per heavy atom. The molecule has 1 aromatic rings. The molecule has 0 amide bonds. The Bertz CT molecular complexity index is 375. The lowest BCUT2D eigenvalue weighted by molar-refractivity contribution is -0.0849. The molecule has 0 unspecified atom stereocenters. The third-order valence-electron chi connectivity index (χ3n) is 3.00. The van der Waals surface area contributed by atoms with Crippen molar-refractivity contribution in [2.24, 2.45) is 0 Å². The predicted molar refractivity (Wildman–Crippen MR) is 60.3 cm³/mol. The zero-order valence-corrected chi connectivity index (χ0v) is 10.3. The molecule has 0 aliphatic heterocycles. The zero-order chi connectivity index (χ0) is 11.6. The number of rotatable bonds is 4. The first-order chi connectivity index (χ1) is 7.70. The van der Waals surface area contributed by atoms with E-state index in [-0.39, 0.29) is 5.60 Å². The van der Waals surface area contributed by atoms with Gasteiger partial charge in [-0.1, -0.05) is 11.6 Å². The van der Waals surface area contributed by atoms with Crippen molar-refractivity contribution in [1.82, 2.24) is 9.97 Å². The fourth-order valence-corrected chi connectivity index (χ4v) is 2.11. The molecule has 1 fully saturated rings. The van der Waals surface area contributed by atoms with Crippen molar-refractivity contribution in [3.63, 3.8) is 0 Å². The largest absolute Gasteiger partial charge is 0.378 e. The first-order valence-corrected chi connectivity index (χ1v) is 5.66. The SMILES string of the molecule is COCc1cc(Cl)nc(C2(OC)CCC2)n1. The van der Waals surface area contributed by atoms with Gasteiger partial charge in [-0.2, -0.15) is 0 Å². The standard InChI is InChI=1S/C11H15ClN2O2/c1-15-7-8-6-9(12)14-10(13-8)11(16-2)4-3-5-11/h6H,3-5,7H2,1-2H3. The van der Waals surface area contributed by atoms with E-state index in [0.29, 0.717) is 17.6 Å². The molecular weight excluding hydrogens is 228 g/mol. The maximum absolute atomic E-state index is 5.97. The highest BCUT2D eigenvalue weighted by molar-refractivity contribution is 6.29. The maximum atomic E-state index is 5.97. The molecule has 0 aromatic carbocycles. The second-order valence-corrected chi connectivity index (χ2v) is 4.38. The summed E-state index contributed by atoms with van der Waals surface area (Å²) < 4.78 is 10.6. The molecule has 0 bridgehead atoms. The summed E-state index contributed by atoms with van der Waals surface area (Å²) in [7, 11) is 3.32. The Kier molecular flexibility index (Phi) is 3.42. The second kappa shape index (κ2) is 4.65. The molecule has 0 N–H and O–H groups in total. The monoisotopic (exact) mass is 242 g/mol. The van der Waals surface area contributed by atoms with Gasteiger partial charge < -0.3 is 9.47 Å². The van der Waals surface area contributed by atoms with Gasteiger partial charge in [0.1, 0.15) is 10.8 Å². The zero-order valence-electron chi connectivity index (χ0n) is 9.49. The molecule has 4 nitrogen and oxygen atoms in total.